The molecule has 0 bridgehead atoms. The lowest BCUT2D eigenvalue weighted by atomic mass is 9.96. The van der Waals surface area contributed by atoms with Gasteiger partial charge in [0.1, 0.15) is 11.3 Å². The summed E-state index contributed by atoms with van der Waals surface area (Å²) in [6.07, 6.45) is 4.73. The van der Waals surface area contributed by atoms with Crippen LogP contribution in [0.1, 0.15) is 52.6 Å². The highest BCUT2D eigenvalue weighted by Gasteiger charge is 2.32. The van der Waals surface area contributed by atoms with Crippen LogP contribution in [0.25, 0.3) is 11.0 Å². The average Bonchev–Trinajstić information content (AvgIpc) is 3.22. The van der Waals surface area contributed by atoms with Crippen molar-refractivity contribution in [2.45, 2.75) is 50.8 Å². The minimum atomic E-state index is -4.16. The molecule has 0 spiro atoms. The molecule has 4 aromatic rings. The molecule has 34 heavy (non-hydrogen) atoms. The standard InChI is InChI=1S/C28H27NO4S/c1-3-20-10-15-23(16-11-20)34(31,32)29(28(30)21-12-8-19(2)9-13-21)22-14-17-27-25(18-22)24-6-4-5-7-26(24)33-27/h8-18H,3-7H2,1-2H3. The van der Waals surface area contributed by atoms with Crippen LogP contribution in [0.3, 0.4) is 0 Å². The van der Waals surface area contributed by atoms with Crippen molar-refractivity contribution >= 4 is 32.6 Å². The fourth-order valence-corrected chi connectivity index (χ4v) is 5.96. The second kappa shape index (κ2) is 8.76. The van der Waals surface area contributed by atoms with Gasteiger partial charge in [0.15, 0.2) is 0 Å². The van der Waals surface area contributed by atoms with Crippen molar-refractivity contribution in [3.63, 3.8) is 0 Å². The molecule has 0 fully saturated rings. The van der Waals surface area contributed by atoms with Gasteiger partial charge in [-0.05, 0) is 80.6 Å². The Balaban J connectivity index is 1.67. The van der Waals surface area contributed by atoms with Crippen molar-refractivity contribution in [3.8, 4) is 0 Å². The zero-order valence-electron chi connectivity index (χ0n) is 19.4. The molecule has 0 aliphatic heterocycles. The van der Waals surface area contributed by atoms with Gasteiger partial charge >= 0.3 is 0 Å². The van der Waals surface area contributed by atoms with Gasteiger partial charge < -0.3 is 4.42 Å². The summed E-state index contributed by atoms with van der Waals surface area (Å²) < 4.78 is 34.7. The Morgan fingerprint density at radius 1 is 0.941 bits per heavy atom. The van der Waals surface area contributed by atoms with Crippen LogP contribution >= 0.6 is 0 Å². The van der Waals surface area contributed by atoms with Gasteiger partial charge in [0.2, 0.25) is 0 Å². The molecule has 6 heteroatoms. The Hall–Kier alpha value is -3.38. The smallest absolute Gasteiger partial charge is 0.272 e. The molecule has 0 unspecified atom stereocenters. The maximum atomic E-state index is 13.9. The number of amides is 1. The van der Waals surface area contributed by atoms with Crippen LogP contribution in [-0.4, -0.2) is 14.3 Å². The molecule has 5 rings (SSSR count). The number of fused-ring (bicyclic) bond motifs is 3. The SMILES string of the molecule is CCc1ccc(S(=O)(=O)N(C(=O)c2ccc(C)cc2)c2ccc3oc4c(c3c2)CCCC4)cc1. The van der Waals surface area contributed by atoms with E-state index in [1.54, 1.807) is 54.6 Å². The molecule has 1 amide bonds. The normalized spacial score (nSPS) is 13.6. The molecule has 5 nitrogen and oxygen atoms in total. The molecule has 3 aromatic carbocycles. The third kappa shape index (κ3) is 3.92. The highest BCUT2D eigenvalue weighted by atomic mass is 32.2. The van der Waals surface area contributed by atoms with E-state index in [-0.39, 0.29) is 4.90 Å². The van der Waals surface area contributed by atoms with Gasteiger partial charge in [-0.1, -0.05) is 36.8 Å². The van der Waals surface area contributed by atoms with Gasteiger partial charge in [-0.15, -0.1) is 0 Å². The number of sulfonamides is 1. The second-order valence-corrected chi connectivity index (χ2v) is 10.6. The summed E-state index contributed by atoms with van der Waals surface area (Å²) in [4.78, 5) is 13.8. The molecule has 1 aromatic heterocycles. The first-order valence-corrected chi connectivity index (χ1v) is 13.1. The van der Waals surface area contributed by atoms with Gasteiger partial charge in [0.05, 0.1) is 10.6 Å². The van der Waals surface area contributed by atoms with Crippen LogP contribution in [0.2, 0.25) is 0 Å². The number of anilines is 1. The van der Waals surface area contributed by atoms with E-state index < -0.39 is 15.9 Å². The molecule has 1 aliphatic carbocycles. The summed E-state index contributed by atoms with van der Waals surface area (Å²) in [7, 11) is -4.16. The Labute approximate surface area is 200 Å². The Bertz CT molecular complexity index is 1470. The maximum absolute atomic E-state index is 13.9. The molecule has 0 saturated carbocycles. The lowest BCUT2D eigenvalue weighted by molar-refractivity contribution is 0.101. The first kappa shape index (κ1) is 22.4. The van der Waals surface area contributed by atoms with Crippen molar-refractivity contribution in [1.82, 2.24) is 0 Å². The largest absolute Gasteiger partial charge is 0.461 e. The molecule has 0 atom stereocenters. The van der Waals surface area contributed by atoms with Gasteiger partial charge in [-0.2, -0.15) is 4.31 Å². The van der Waals surface area contributed by atoms with Crippen molar-refractivity contribution in [2.24, 2.45) is 0 Å². The first-order valence-electron chi connectivity index (χ1n) is 11.7. The molecule has 1 aliphatic rings. The molecule has 174 valence electrons. The molecule has 0 N–H and O–H groups in total. The molecule has 0 radical (unpaired) electrons. The number of furan rings is 1. The summed E-state index contributed by atoms with van der Waals surface area (Å²) in [5, 5.41) is 0.880. The molecular weight excluding hydrogens is 446 g/mol. The van der Waals surface area contributed by atoms with Crippen LogP contribution in [0.15, 0.2) is 76.0 Å². The van der Waals surface area contributed by atoms with E-state index in [1.165, 1.54) is 0 Å². The number of carbonyl (C=O) groups excluding carboxylic acids is 1. The van der Waals surface area contributed by atoms with E-state index in [9.17, 15) is 13.2 Å². The van der Waals surface area contributed by atoms with Gasteiger partial charge in [-0.25, -0.2) is 8.42 Å². The first-order chi connectivity index (χ1) is 16.4. The fraction of sp³-hybridized carbons (Fsp3) is 0.250. The van der Waals surface area contributed by atoms with E-state index in [4.69, 9.17) is 4.42 Å². The van der Waals surface area contributed by atoms with Crippen LogP contribution in [0, 0.1) is 6.92 Å². The number of aryl methyl sites for hydroxylation is 4. The van der Waals surface area contributed by atoms with Gasteiger partial charge in [0.25, 0.3) is 15.9 Å². The zero-order valence-corrected chi connectivity index (χ0v) is 20.2. The monoisotopic (exact) mass is 473 g/mol. The number of rotatable bonds is 5. The predicted octanol–water partition coefficient (Wildman–Crippen LogP) is 6.22. The topological polar surface area (TPSA) is 67.6 Å². The summed E-state index contributed by atoms with van der Waals surface area (Å²) in [5.41, 5.74) is 4.49. The highest BCUT2D eigenvalue weighted by molar-refractivity contribution is 7.93. The van der Waals surface area contributed by atoms with Crippen LogP contribution in [0.4, 0.5) is 5.69 Å². The van der Waals surface area contributed by atoms with Gasteiger partial charge in [0, 0.05) is 22.9 Å². The van der Waals surface area contributed by atoms with E-state index >= 15 is 0 Å². The van der Waals surface area contributed by atoms with Gasteiger partial charge in [-0.3, -0.25) is 4.79 Å². The minimum Gasteiger partial charge on any atom is -0.461 e. The van der Waals surface area contributed by atoms with E-state index in [1.807, 2.05) is 26.0 Å². The summed E-state index contributed by atoms with van der Waals surface area (Å²) in [6.45, 7) is 3.94. The number of benzene rings is 3. The van der Waals surface area contributed by atoms with Crippen LogP contribution in [0.5, 0.6) is 0 Å². The Kier molecular flexibility index (Phi) is 5.78. The summed E-state index contributed by atoms with van der Waals surface area (Å²) >= 11 is 0. The number of nitrogens with zero attached hydrogens (tertiary/aromatic N) is 1. The molecule has 1 heterocycles. The third-order valence-electron chi connectivity index (χ3n) is 6.53. The maximum Gasteiger partial charge on any atom is 0.272 e. The lowest BCUT2D eigenvalue weighted by Gasteiger charge is -2.23. The fourth-order valence-electron chi connectivity index (χ4n) is 4.56. The average molecular weight is 474 g/mol. The highest BCUT2D eigenvalue weighted by Crippen LogP contribution is 2.36. The number of hydrogen-bond donors (Lipinski definition) is 0. The Morgan fingerprint density at radius 3 is 2.35 bits per heavy atom. The summed E-state index contributed by atoms with van der Waals surface area (Å²) in [6, 6.07) is 18.9. The van der Waals surface area contributed by atoms with E-state index in [0.29, 0.717) is 11.3 Å². The quantitative estimate of drug-likeness (QED) is 0.345. The van der Waals surface area contributed by atoms with Crippen molar-refractivity contribution < 1.29 is 17.6 Å². The molecular formula is C28H27NO4S. The van der Waals surface area contributed by atoms with Crippen LogP contribution in [-0.2, 0) is 29.3 Å². The lowest BCUT2D eigenvalue weighted by Crippen LogP contribution is -2.37. The van der Waals surface area contributed by atoms with Crippen molar-refractivity contribution in [3.05, 3.63) is 94.7 Å². The summed E-state index contributed by atoms with van der Waals surface area (Å²) in [5.74, 6) is 0.379. The van der Waals surface area contributed by atoms with E-state index in [2.05, 4.69) is 0 Å². The third-order valence-corrected chi connectivity index (χ3v) is 8.25. The Morgan fingerprint density at radius 2 is 1.65 bits per heavy atom. The molecule has 0 saturated heterocycles. The number of hydrogen-bond acceptors (Lipinski definition) is 4. The second-order valence-electron chi connectivity index (χ2n) is 8.83. The van der Waals surface area contributed by atoms with Crippen LogP contribution < -0.4 is 4.31 Å². The van der Waals surface area contributed by atoms with Crippen molar-refractivity contribution in [1.29, 1.82) is 0 Å². The predicted molar refractivity (Wildman–Crippen MR) is 134 cm³/mol. The minimum absolute atomic E-state index is 0.0829. The zero-order chi connectivity index (χ0) is 23.9. The van der Waals surface area contributed by atoms with Crippen molar-refractivity contribution in [2.75, 3.05) is 4.31 Å². The van der Waals surface area contributed by atoms with E-state index in [0.717, 1.165) is 69.8 Å². The number of carbonyl (C=O) groups is 1.